The van der Waals surface area contributed by atoms with Gasteiger partial charge < -0.3 is 38.2 Å². The third-order valence-electron chi connectivity index (χ3n) is 1.46. The Morgan fingerprint density at radius 2 is 1.37 bits per heavy atom. The zero-order valence-electron chi connectivity index (χ0n) is 9.81. The van der Waals surface area contributed by atoms with E-state index in [2.05, 4.69) is 9.47 Å². The van der Waals surface area contributed by atoms with E-state index in [0.717, 1.165) is 6.92 Å². The van der Waals surface area contributed by atoms with Crippen molar-refractivity contribution in [1.82, 2.24) is 0 Å². The molecule has 0 unspecified atom stereocenters. The number of carbonyl (C=O) groups excluding carboxylic acids is 2. The first-order chi connectivity index (χ1) is 8.41. The Labute approximate surface area is 109 Å². The number of carbonyl (C=O) groups is 2. The van der Waals surface area contributed by atoms with Crippen LogP contribution >= 0.6 is 0 Å². The first-order valence-corrected chi connectivity index (χ1v) is 8.87. The fourth-order valence-electron chi connectivity index (χ4n) is 0.722. The van der Waals surface area contributed by atoms with Crippen LogP contribution in [0.1, 0.15) is 6.92 Å². The second-order valence-electron chi connectivity index (χ2n) is 3.56. The number of ether oxygens (including phenoxy) is 2. The second-order valence-corrected chi connectivity index (χ2v) is 7.23. The lowest BCUT2D eigenvalue weighted by Gasteiger charge is -2.10. The van der Waals surface area contributed by atoms with Gasteiger partial charge in [0.05, 0.1) is 0 Å². The van der Waals surface area contributed by atoms with Gasteiger partial charge in [0, 0.05) is 11.6 Å². The molecule has 10 nitrogen and oxygen atoms in total. The van der Waals surface area contributed by atoms with Gasteiger partial charge in [0.1, 0.15) is 0 Å². The quantitative estimate of drug-likeness (QED) is 0.161. The monoisotopic (exact) mass is 314 g/mol. The first-order valence-electron chi connectivity index (χ1n) is 4.77. The maximum absolute atomic E-state index is 11.2. The molecule has 0 radical (unpaired) electrons. The van der Waals surface area contributed by atoms with E-state index in [0.29, 0.717) is 6.08 Å². The van der Waals surface area contributed by atoms with Gasteiger partial charge in [-0.05, 0) is 6.92 Å². The van der Waals surface area contributed by atoms with Crippen LogP contribution in [0.2, 0.25) is 0 Å². The summed E-state index contributed by atoms with van der Waals surface area (Å²) in [4.78, 5) is 73.7. The third-order valence-corrected chi connectivity index (χ3v) is 2.52. The molecule has 0 rings (SSSR count). The molecule has 6 N–H and O–H groups in total. The van der Waals surface area contributed by atoms with E-state index in [-0.39, 0.29) is 5.57 Å². The van der Waals surface area contributed by atoms with E-state index in [1.807, 2.05) is 0 Å². The average Bonchev–Trinajstić information content (AvgIpc) is 2.21. The van der Waals surface area contributed by atoms with Gasteiger partial charge in [0.2, 0.25) is 0 Å². The van der Waals surface area contributed by atoms with Crippen molar-refractivity contribution in [3.8, 4) is 0 Å². The highest BCUT2D eigenvalue weighted by Crippen LogP contribution is 2.00. The summed E-state index contributed by atoms with van der Waals surface area (Å²) in [5.74, 6) is -2.24. The van der Waals surface area contributed by atoms with Crippen LogP contribution in [-0.4, -0.2) is 70.8 Å². The highest BCUT2D eigenvalue weighted by Gasteiger charge is 2.30. The van der Waals surface area contributed by atoms with Gasteiger partial charge in [0.25, 0.3) is 0 Å². The molecule has 0 aromatic heterocycles. The standard InChI is InChI=1S/C7H14O10Si2/c1-5(7(9)17-4-19(13,14)15)2-6(8)16-3-18(10,11)12/h2,10-15H,3-4H2,1H3/b5-2+. The Morgan fingerprint density at radius 1 is 0.947 bits per heavy atom. The molecular weight excluding hydrogens is 300 g/mol. The Morgan fingerprint density at radius 3 is 1.79 bits per heavy atom. The van der Waals surface area contributed by atoms with Crippen LogP contribution in [0.15, 0.2) is 11.6 Å². The summed E-state index contributed by atoms with van der Waals surface area (Å²) in [6, 6.07) is 0. The molecule has 0 saturated carbocycles. The van der Waals surface area contributed by atoms with Crippen molar-refractivity contribution in [3.63, 3.8) is 0 Å². The van der Waals surface area contributed by atoms with Gasteiger partial charge in [-0.15, -0.1) is 0 Å². The summed E-state index contributed by atoms with van der Waals surface area (Å²) in [6.45, 7) is 1.14. The lowest BCUT2D eigenvalue weighted by Crippen LogP contribution is -2.42. The van der Waals surface area contributed by atoms with Crippen molar-refractivity contribution < 1.29 is 47.8 Å². The van der Waals surface area contributed by atoms with Gasteiger partial charge >= 0.3 is 29.5 Å². The van der Waals surface area contributed by atoms with Gasteiger partial charge in [0.15, 0.2) is 12.5 Å². The molecule has 0 aliphatic rings. The van der Waals surface area contributed by atoms with Gasteiger partial charge in [-0.3, -0.25) is 0 Å². The normalized spacial score (nSPS) is 13.1. The molecule has 12 heteroatoms. The fraction of sp³-hybridized carbons (Fsp3) is 0.429. The minimum Gasteiger partial charge on any atom is -0.458 e. The molecule has 0 aromatic carbocycles. The largest absolute Gasteiger partial charge is 0.532 e. The van der Waals surface area contributed by atoms with Gasteiger partial charge in [-0.1, -0.05) is 0 Å². The van der Waals surface area contributed by atoms with Crippen molar-refractivity contribution in [2.45, 2.75) is 6.92 Å². The lowest BCUT2D eigenvalue weighted by atomic mass is 10.3. The second kappa shape index (κ2) is 6.87. The molecule has 0 atom stereocenters. The molecular formula is C7H14O10Si2. The number of hydrogen-bond acceptors (Lipinski definition) is 10. The molecule has 0 aliphatic heterocycles. The van der Waals surface area contributed by atoms with Crippen molar-refractivity contribution in [3.05, 3.63) is 11.6 Å². The maximum Gasteiger partial charge on any atom is 0.532 e. The summed E-state index contributed by atoms with van der Waals surface area (Å²) < 4.78 is 8.49. The molecule has 0 bridgehead atoms. The van der Waals surface area contributed by atoms with Crippen LogP contribution in [0.3, 0.4) is 0 Å². The zero-order chi connectivity index (χ0) is 15.3. The van der Waals surface area contributed by atoms with E-state index < -0.39 is 42.0 Å². The lowest BCUT2D eigenvalue weighted by molar-refractivity contribution is -0.140. The maximum atomic E-state index is 11.2. The Balaban J connectivity index is 4.31. The van der Waals surface area contributed by atoms with Crippen LogP contribution in [0.5, 0.6) is 0 Å². The van der Waals surface area contributed by atoms with E-state index in [4.69, 9.17) is 28.8 Å². The molecule has 0 saturated heterocycles. The van der Waals surface area contributed by atoms with Crippen molar-refractivity contribution >= 4 is 29.5 Å². The molecule has 0 heterocycles. The smallest absolute Gasteiger partial charge is 0.458 e. The van der Waals surface area contributed by atoms with Gasteiger partial charge in [-0.25, -0.2) is 9.59 Å². The number of hydrogen-bond donors (Lipinski definition) is 6. The summed E-state index contributed by atoms with van der Waals surface area (Å²) in [5, 5.41) is 0. The molecule has 0 amide bonds. The van der Waals surface area contributed by atoms with Crippen molar-refractivity contribution in [2.75, 3.05) is 12.5 Å². The average molecular weight is 314 g/mol. The van der Waals surface area contributed by atoms with E-state index in [1.54, 1.807) is 0 Å². The topological polar surface area (TPSA) is 174 Å². The van der Waals surface area contributed by atoms with E-state index in [9.17, 15) is 9.59 Å². The van der Waals surface area contributed by atoms with Gasteiger partial charge in [-0.2, -0.15) is 0 Å². The Bertz CT molecular complexity index is 365. The van der Waals surface area contributed by atoms with Crippen molar-refractivity contribution in [1.29, 1.82) is 0 Å². The molecule has 0 aliphatic carbocycles. The minimum atomic E-state index is -4.53. The highest BCUT2D eigenvalue weighted by atomic mass is 28.4. The molecule has 0 fully saturated rings. The summed E-state index contributed by atoms with van der Waals surface area (Å²) >= 11 is 0. The zero-order valence-corrected chi connectivity index (χ0v) is 11.8. The van der Waals surface area contributed by atoms with E-state index >= 15 is 0 Å². The Hall–Kier alpha value is -1.13. The van der Waals surface area contributed by atoms with Crippen LogP contribution in [-0.2, 0) is 19.1 Å². The van der Waals surface area contributed by atoms with Crippen LogP contribution in [0.4, 0.5) is 0 Å². The summed E-state index contributed by atoms with van der Waals surface area (Å²) in [7, 11) is -9.05. The van der Waals surface area contributed by atoms with E-state index in [1.165, 1.54) is 0 Å². The van der Waals surface area contributed by atoms with Crippen molar-refractivity contribution in [2.24, 2.45) is 0 Å². The highest BCUT2D eigenvalue weighted by molar-refractivity contribution is 6.56. The first kappa shape index (κ1) is 17.9. The molecule has 0 aromatic rings. The predicted octanol–water partition coefficient (Wildman–Crippen LogP) is -4.07. The fourth-order valence-corrected chi connectivity index (χ4v) is 1.38. The predicted molar refractivity (Wildman–Crippen MR) is 60.5 cm³/mol. The van der Waals surface area contributed by atoms with Crippen LogP contribution in [0.25, 0.3) is 0 Å². The summed E-state index contributed by atoms with van der Waals surface area (Å²) in [5.41, 5.74) is -0.288. The third kappa shape index (κ3) is 10.5. The molecule has 110 valence electrons. The Kier molecular flexibility index (Phi) is 6.46. The SMILES string of the molecule is C/C(=C\C(=O)OC[Si](O)(O)O)C(=O)OC[Si](O)(O)O. The number of rotatable bonds is 6. The molecule has 0 spiro atoms. The summed E-state index contributed by atoms with van der Waals surface area (Å²) in [6.07, 6.45) is -1.35. The minimum absolute atomic E-state index is 0.288. The van der Waals surface area contributed by atoms with Crippen LogP contribution in [0, 0.1) is 0 Å². The number of esters is 2. The molecule has 19 heavy (non-hydrogen) atoms. The van der Waals surface area contributed by atoms with Crippen LogP contribution < -0.4 is 0 Å².